The van der Waals surface area contributed by atoms with E-state index >= 15 is 0 Å². The second kappa shape index (κ2) is 8.22. The lowest BCUT2D eigenvalue weighted by molar-refractivity contribution is -0.159. The van der Waals surface area contributed by atoms with Crippen LogP contribution in [0.4, 0.5) is 0 Å². The van der Waals surface area contributed by atoms with Crippen molar-refractivity contribution in [1.29, 1.82) is 0 Å². The summed E-state index contributed by atoms with van der Waals surface area (Å²) in [4.78, 5) is 32.6. The van der Waals surface area contributed by atoms with E-state index < -0.39 is 34.6 Å². The minimum atomic E-state index is -2.16. The van der Waals surface area contributed by atoms with Gasteiger partial charge in [-0.05, 0) is 13.8 Å². The highest BCUT2D eigenvalue weighted by Gasteiger charge is 2.50. The van der Waals surface area contributed by atoms with Gasteiger partial charge in [0.05, 0.1) is 20.3 Å². The first-order valence-corrected chi connectivity index (χ1v) is 6.40. The van der Waals surface area contributed by atoms with Gasteiger partial charge in [0, 0.05) is 6.42 Å². The number of ether oxygens (including phenoxy) is 3. The Bertz CT molecular complexity index is 326. The van der Waals surface area contributed by atoms with Crippen molar-refractivity contribution in [2.45, 2.75) is 30.5 Å². The number of hydrogen-bond donors (Lipinski definition) is 0. The molecule has 0 N–H and O–H groups in total. The van der Waals surface area contributed by atoms with Crippen molar-refractivity contribution < 1.29 is 28.6 Å². The summed E-state index contributed by atoms with van der Waals surface area (Å²) in [5.41, 5.74) is 0. The number of rotatable bonds is 7. The van der Waals surface area contributed by atoms with Crippen LogP contribution in [0, 0.1) is 0 Å². The molecule has 0 spiro atoms. The maximum atomic E-state index is 11.8. The SMILES string of the molecule is CCOC(=O)C(Cl)(CC(Cl)C(=O)OC)C(=O)OCC. The lowest BCUT2D eigenvalue weighted by Gasteiger charge is -2.23. The molecule has 0 rings (SSSR count). The Hall–Kier alpha value is -1.01. The summed E-state index contributed by atoms with van der Waals surface area (Å²) in [6.07, 6.45) is -0.486. The Labute approximate surface area is 121 Å². The standard InChI is InChI=1S/C11H16Cl2O6/c1-4-18-9(15)11(13,10(16)19-5-2)6-7(12)8(14)17-3/h7H,4-6H2,1-3H3. The van der Waals surface area contributed by atoms with E-state index in [0.717, 1.165) is 7.11 Å². The van der Waals surface area contributed by atoms with E-state index in [-0.39, 0.29) is 13.2 Å². The summed E-state index contributed by atoms with van der Waals surface area (Å²) in [6.45, 7) is 3.16. The predicted octanol–water partition coefficient (Wildman–Crippen LogP) is 1.26. The van der Waals surface area contributed by atoms with Crippen LogP contribution in [0.3, 0.4) is 0 Å². The third-order valence-electron chi connectivity index (χ3n) is 2.12. The molecule has 0 fully saturated rings. The average molecular weight is 315 g/mol. The largest absolute Gasteiger partial charge is 0.468 e. The van der Waals surface area contributed by atoms with Gasteiger partial charge >= 0.3 is 17.9 Å². The molecule has 0 heterocycles. The summed E-state index contributed by atoms with van der Waals surface area (Å²) in [5.74, 6) is -2.82. The fourth-order valence-corrected chi connectivity index (χ4v) is 1.86. The van der Waals surface area contributed by atoms with Gasteiger partial charge in [0.15, 0.2) is 0 Å². The molecule has 0 aromatic carbocycles. The monoisotopic (exact) mass is 314 g/mol. The van der Waals surface area contributed by atoms with E-state index in [1.807, 2.05) is 0 Å². The van der Waals surface area contributed by atoms with Crippen LogP contribution in [0.15, 0.2) is 0 Å². The minimum absolute atomic E-state index is 0.0257. The number of methoxy groups -OCH3 is 1. The van der Waals surface area contributed by atoms with E-state index in [1.54, 1.807) is 13.8 Å². The van der Waals surface area contributed by atoms with Crippen LogP contribution in [0.2, 0.25) is 0 Å². The molecule has 1 atom stereocenters. The molecule has 0 aliphatic carbocycles. The normalized spacial score (nSPS) is 12.5. The minimum Gasteiger partial charge on any atom is -0.468 e. The summed E-state index contributed by atoms with van der Waals surface area (Å²) in [6, 6.07) is 0. The van der Waals surface area contributed by atoms with Gasteiger partial charge in [0.2, 0.25) is 4.87 Å². The molecule has 6 nitrogen and oxygen atoms in total. The molecule has 0 aromatic heterocycles. The Morgan fingerprint density at radius 3 is 1.84 bits per heavy atom. The van der Waals surface area contributed by atoms with Crippen LogP contribution < -0.4 is 0 Å². The summed E-state index contributed by atoms with van der Waals surface area (Å²) < 4.78 is 13.8. The lowest BCUT2D eigenvalue weighted by atomic mass is 10.0. The van der Waals surface area contributed by atoms with E-state index in [2.05, 4.69) is 4.74 Å². The second-order valence-electron chi connectivity index (χ2n) is 3.44. The molecule has 0 aliphatic heterocycles. The zero-order valence-corrected chi connectivity index (χ0v) is 12.4. The zero-order chi connectivity index (χ0) is 15.1. The molecular formula is C11H16Cl2O6. The highest BCUT2D eigenvalue weighted by atomic mass is 35.5. The first-order valence-electron chi connectivity index (χ1n) is 5.58. The summed E-state index contributed by atoms with van der Waals surface area (Å²) in [7, 11) is 1.13. The summed E-state index contributed by atoms with van der Waals surface area (Å²) in [5, 5.41) is -1.27. The highest BCUT2D eigenvalue weighted by molar-refractivity contribution is 6.45. The van der Waals surface area contributed by atoms with Gasteiger partial charge in [-0.1, -0.05) is 11.6 Å². The predicted molar refractivity (Wildman–Crippen MR) is 68.1 cm³/mol. The van der Waals surface area contributed by atoms with Gasteiger partial charge in [-0.25, -0.2) is 9.59 Å². The quantitative estimate of drug-likeness (QED) is 0.305. The topological polar surface area (TPSA) is 78.9 Å². The molecule has 0 aliphatic rings. The van der Waals surface area contributed by atoms with E-state index in [0.29, 0.717) is 0 Å². The Kier molecular flexibility index (Phi) is 7.78. The lowest BCUT2D eigenvalue weighted by Crippen LogP contribution is -2.46. The third-order valence-corrected chi connectivity index (χ3v) is 2.91. The number of alkyl halides is 2. The molecule has 19 heavy (non-hydrogen) atoms. The van der Waals surface area contributed by atoms with Crippen LogP contribution >= 0.6 is 23.2 Å². The Morgan fingerprint density at radius 1 is 1.11 bits per heavy atom. The van der Waals surface area contributed by atoms with Crippen molar-refractivity contribution in [3.63, 3.8) is 0 Å². The maximum Gasteiger partial charge on any atom is 0.338 e. The zero-order valence-electron chi connectivity index (χ0n) is 10.9. The van der Waals surface area contributed by atoms with Crippen molar-refractivity contribution in [1.82, 2.24) is 0 Å². The number of halogens is 2. The van der Waals surface area contributed by atoms with Crippen molar-refractivity contribution in [3.8, 4) is 0 Å². The van der Waals surface area contributed by atoms with Crippen LogP contribution in [0.1, 0.15) is 20.3 Å². The molecule has 0 aromatic rings. The van der Waals surface area contributed by atoms with Gasteiger partial charge in [0.25, 0.3) is 0 Å². The van der Waals surface area contributed by atoms with Gasteiger partial charge < -0.3 is 14.2 Å². The molecule has 0 bridgehead atoms. The molecule has 8 heteroatoms. The molecular weight excluding hydrogens is 299 g/mol. The van der Waals surface area contributed by atoms with Crippen LogP contribution in [-0.4, -0.2) is 48.5 Å². The van der Waals surface area contributed by atoms with Gasteiger partial charge in [-0.15, -0.1) is 11.6 Å². The van der Waals surface area contributed by atoms with Crippen LogP contribution in [0.5, 0.6) is 0 Å². The number of hydrogen-bond acceptors (Lipinski definition) is 6. The van der Waals surface area contributed by atoms with E-state index in [4.69, 9.17) is 32.7 Å². The molecule has 0 amide bonds. The van der Waals surface area contributed by atoms with E-state index in [9.17, 15) is 14.4 Å². The van der Waals surface area contributed by atoms with Crippen molar-refractivity contribution >= 4 is 41.1 Å². The molecule has 0 radical (unpaired) electrons. The van der Waals surface area contributed by atoms with Crippen LogP contribution in [0.25, 0.3) is 0 Å². The maximum absolute atomic E-state index is 11.8. The van der Waals surface area contributed by atoms with Crippen molar-refractivity contribution in [2.75, 3.05) is 20.3 Å². The molecule has 110 valence electrons. The number of carbonyl (C=O) groups excluding carboxylic acids is 3. The van der Waals surface area contributed by atoms with Gasteiger partial charge in [0.1, 0.15) is 5.38 Å². The Morgan fingerprint density at radius 2 is 1.53 bits per heavy atom. The first-order chi connectivity index (χ1) is 8.83. The molecule has 1 unspecified atom stereocenters. The first kappa shape index (κ1) is 18.0. The van der Waals surface area contributed by atoms with Gasteiger partial charge in [-0.3, -0.25) is 4.79 Å². The average Bonchev–Trinajstić information content (AvgIpc) is 2.37. The van der Waals surface area contributed by atoms with E-state index in [1.165, 1.54) is 0 Å². The molecule has 0 saturated heterocycles. The molecule has 0 saturated carbocycles. The summed E-state index contributed by atoms with van der Waals surface area (Å²) >= 11 is 11.7. The number of esters is 3. The smallest absolute Gasteiger partial charge is 0.338 e. The van der Waals surface area contributed by atoms with Crippen LogP contribution in [-0.2, 0) is 28.6 Å². The van der Waals surface area contributed by atoms with Crippen molar-refractivity contribution in [2.24, 2.45) is 0 Å². The number of carbonyl (C=O) groups is 3. The fourth-order valence-electron chi connectivity index (χ4n) is 1.20. The fraction of sp³-hybridized carbons (Fsp3) is 0.727. The third kappa shape index (κ3) is 4.87. The van der Waals surface area contributed by atoms with Crippen molar-refractivity contribution in [3.05, 3.63) is 0 Å². The Balaban J connectivity index is 5.10. The van der Waals surface area contributed by atoms with Gasteiger partial charge in [-0.2, -0.15) is 0 Å². The highest BCUT2D eigenvalue weighted by Crippen LogP contribution is 2.28. The second-order valence-corrected chi connectivity index (χ2v) is 4.61.